The van der Waals surface area contributed by atoms with E-state index in [9.17, 15) is 26.3 Å². The summed E-state index contributed by atoms with van der Waals surface area (Å²) in [4.78, 5) is 0. The van der Waals surface area contributed by atoms with Crippen LogP contribution in [0.4, 0.5) is 26.3 Å². The summed E-state index contributed by atoms with van der Waals surface area (Å²) < 4.78 is 92.2. The summed E-state index contributed by atoms with van der Waals surface area (Å²) in [5, 5.41) is 0. The van der Waals surface area contributed by atoms with Crippen molar-refractivity contribution < 1.29 is 35.8 Å². The van der Waals surface area contributed by atoms with Gasteiger partial charge in [-0.1, -0.05) is 13.8 Å². The third kappa shape index (κ3) is 4.03. The van der Waals surface area contributed by atoms with E-state index in [2.05, 4.69) is 6.92 Å². The zero-order valence-electron chi connectivity index (χ0n) is 20.1. The zero-order valence-corrected chi connectivity index (χ0v) is 20.1. The first kappa shape index (κ1) is 25.6. The number of methoxy groups -OCH3 is 2. The second-order valence-electron chi connectivity index (χ2n) is 11.7. The fraction of sp³-hybridized carbons (Fsp3) is 1.00. The lowest BCUT2D eigenvalue weighted by molar-refractivity contribution is -0.291. The van der Waals surface area contributed by atoms with Crippen molar-refractivity contribution in [2.75, 3.05) is 14.2 Å². The van der Waals surface area contributed by atoms with Gasteiger partial charge in [0.05, 0.1) is 0 Å². The van der Waals surface area contributed by atoms with E-state index in [1.54, 1.807) is 6.92 Å². The van der Waals surface area contributed by atoms with Crippen molar-refractivity contribution in [3.05, 3.63) is 0 Å². The highest BCUT2D eigenvalue weighted by Gasteiger charge is 2.63. The van der Waals surface area contributed by atoms with Crippen LogP contribution in [0.15, 0.2) is 0 Å². The van der Waals surface area contributed by atoms with Crippen molar-refractivity contribution in [1.29, 1.82) is 0 Å². The Morgan fingerprint density at radius 1 is 0.818 bits per heavy atom. The minimum absolute atomic E-state index is 0.0140. The minimum atomic E-state index is -4.38. The van der Waals surface area contributed by atoms with Crippen LogP contribution < -0.4 is 0 Å². The Kier molecular flexibility index (Phi) is 6.64. The summed E-state index contributed by atoms with van der Waals surface area (Å²) in [7, 11) is 2.32. The van der Waals surface area contributed by atoms with Crippen LogP contribution in [-0.2, 0) is 9.47 Å². The molecule has 33 heavy (non-hydrogen) atoms. The molecule has 0 bridgehead atoms. The third-order valence-electron chi connectivity index (χ3n) is 10.7. The van der Waals surface area contributed by atoms with Crippen molar-refractivity contribution in [2.45, 2.75) is 95.7 Å². The number of halogens is 6. The Hall–Kier alpha value is -0.500. The average Bonchev–Trinajstić information content (AvgIpc) is 3.08. The Labute approximate surface area is 193 Å². The summed E-state index contributed by atoms with van der Waals surface area (Å²) in [6.07, 6.45) is -4.79. The molecule has 4 fully saturated rings. The van der Waals surface area contributed by atoms with Gasteiger partial charge in [0.25, 0.3) is 0 Å². The second-order valence-corrected chi connectivity index (χ2v) is 11.7. The van der Waals surface area contributed by atoms with Gasteiger partial charge in [0, 0.05) is 14.2 Å². The van der Waals surface area contributed by atoms with E-state index in [0.717, 1.165) is 45.6 Å². The molecule has 4 aliphatic carbocycles. The molecule has 10 atom stereocenters. The summed E-state index contributed by atoms with van der Waals surface area (Å²) in [6.45, 7) is 3.86. The molecule has 192 valence electrons. The Balaban J connectivity index is 1.51. The number of hydrogen-bond acceptors (Lipinski definition) is 2. The highest BCUT2D eigenvalue weighted by Crippen LogP contribution is 2.66. The van der Waals surface area contributed by atoms with Crippen molar-refractivity contribution in [2.24, 2.45) is 46.8 Å². The molecule has 0 aromatic rings. The van der Waals surface area contributed by atoms with Gasteiger partial charge in [-0.2, -0.15) is 26.3 Å². The molecule has 0 N–H and O–H groups in total. The van der Waals surface area contributed by atoms with Gasteiger partial charge < -0.3 is 9.47 Å². The van der Waals surface area contributed by atoms with Crippen LogP contribution in [0.1, 0.15) is 71.6 Å². The van der Waals surface area contributed by atoms with Crippen molar-refractivity contribution in [3.8, 4) is 0 Å². The van der Waals surface area contributed by atoms with Gasteiger partial charge in [0.1, 0.15) is 0 Å². The lowest BCUT2D eigenvalue weighted by Gasteiger charge is -2.58. The van der Waals surface area contributed by atoms with Crippen molar-refractivity contribution in [1.82, 2.24) is 0 Å². The van der Waals surface area contributed by atoms with Crippen molar-refractivity contribution >= 4 is 0 Å². The first-order valence-electron chi connectivity index (χ1n) is 12.5. The van der Waals surface area contributed by atoms with Crippen LogP contribution in [0.2, 0.25) is 0 Å². The highest BCUT2D eigenvalue weighted by atomic mass is 19.4. The Morgan fingerprint density at radius 3 is 2.06 bits per heavy atom. The predicted molar refractivity (Wildman–Crippen MR) is 112 cm³/mol. The van der Waals surface area contributed by atoms with E-state index < -0.39 is 30.0 Å². The summed E-state index contributed by atoms with van der Waals surface area (Å²) in [5.74, 6) is 0.788. The van der Waals surface area contributed by atoms with Gasteiger partial charge >= 0.3 is 12.4 Å². The molecule has 4 saturated carbocycles. The smallest absolute Gasteiger partial charge is 0.372 e. The van der Waals surface area contributed by atoms with Gasteiger partial charge in [0.15, 0.2) is 11.7 Å². The van der Waals surface area contributed by atoms with E-state index in [0.29, 0.717) is 24.2 Å². The molecule has 0 radical (unpaired) electrons. The van der Waals surface area contributed by atoms with Gasteiger partial charge in [-0.15, -0.1) is 0 Å². The minimum Gasteiger partial charge on any atom is -0.372 e. The molecule has 0 amide bonds. The molecular weight excluding hydrogens is 446 g/mol. The van der Waals surface area contributed by atoms with Gasteiger partial charge in [-0.25, -0.2) is 0 Å². The fourth-order valence-electron chi connectivity index (χ4n) is 9.18. The Morgan fingerprint density at radius 2 is 1.48 bits per heavy atom. The molecule has 0 saturated heterocycles. The molecule has 0 spiro atoms. The van der Waals surface area contributed by atoms with Gasteiger partial charge in [-0.3, -0.25) is 0 Å². The largest absolute Gasteiger partial charge is 0.417 e. The molecule has 0 aromatic heterocycles. The number of alkyl halides is 6. The number of ether oxygens (including phenoxy) is 2. The molecule has 4 rings (SSSR count). The van der Waals surface area contributed by atoms with Gasteiger partial charge in [-0.05, 0) is 105 Å². The Bertz CT molecular complexity index is 708. The second kappa shape index (κ2) is 8.56. The maximum atomic E-state index is 13.8. The number of rotatable bonds is 4. The quantitative estimate of drug-likeness (QED) is 0.387. The zero-order chi connectivity index (χ0) is 24.4. The molecule has 0 aromatic carbocycles. The van der Waals surface area contributed by atoms with Crippen LogP contribution in [0.3, 0.4) is 0 Å². The first-order valence-corrected chi connectivity index (χ1v) is 12.5. The van der Waals surface area contributed by atoms with Crippen LogP contribution in [0, 0.1) is 46.8 Å². The monoisotopic (exact) mass is 484 g/mol. The standard InChI is InChI=1S/C25H38F6O2/c1-14(21(32-3)24(26,27)28)19-7-8-20-18-6-5-15-13-23(33-4,25(29,30)31)12-10-16(15)17(18)9-11-22(19,20)2/h14-21H,5-13H2,1-4H3/t14-,15+,16-,17+,18+,19+,20-,21-,22+,23+/m0/s1. The van der Waals surface area contributed by atoms with Crippen LogP contribution in [-0.4, -0.2) is 38.3 Å². The van der Waals surface area contributed by atoms with E-state index in [-0.39, 0.29) is 36.0 Å². The maximum absolute atomic E-state index is 13.8. The molecule has 0 heterocycles. The topological polar surface area (TPSA) is 18.5 Å². The van der Waals surface area contributed by atoms with E-state index >= 15 is 0 Å². The van der Waals surface area contributed by atoms with E-state index in [1.807, 2.05) is 0 Å². The van der Waals surface area contributed by atoms with Crippen molar-refractivity contribution in [3.63, 3.8) is 0 Å². The molecule has 4 aliphatic rings. The molecule has 2 nitrogen and oxygen atoms in total. The highest BCUT2D eigenvalue weighted by molar-refractivity contribution is 5.09. The van der Waals surface area contributed by atoms with E-state index in [4.69, 9.17) is 9.47 Å². The summed E-state index contributed by atoms with van der Waals surface area (Å²) >= 11 is 0. The molecule has 8 heteroatoms. The van der Waals surface area contributed by atoms with Crippen LogP contribution in [0.5, 0.6) is 0 Å². The average molecular weight is 485 g/mol. The lowest BCUT2D eigenvalue weighted by Crippen LogP contribution is -2.56. The van der Waals surface area contributed by atoms with Gasteiger partial charge in [0.2, 0.25) is 0 Å². The maximum Gasteiger partial charge on any atom is 0.417 e. The van der Waals surface area contributed by atoms with E-state index in [1.165, 1.54) is 7.11 Å². The number of fused-ring (bicyclic) bond motifs is 5. The number of hydrogen-bond donors (Lipinski definition) is 0. The summed E-state index contributed by atoms with van der Waals surface area (Å²) in [5.41, 5.74) is -2.18. The third-order valence-corrected chi connectivity index (χ3v) is 10.7. The normalized spacial score (nSPS) is 45.6. The molecular formula is C25H38F6O2. The first-order chi connectivity index (χ1) is 15.3. The summed E-state index contributed by atoms with van der Waals surface area (Å²) in [6, 6.07) is 0. The van der Waals surface area contributed by atoms with Crippen LogP contribution in [0.25, 0.3) is 0 Å². The van der Waals surface area contributed by atoms with Crippen LogP contribution >= 0.6 is 0 Å². The predicted octanol–water partition coefficient (Wildman–Crippen LogP) is 7.42. The molecule has 0 unspecified atom stereocenters. The SMILES string of the molecule is CO[C@@H]([C@@H](C)[C@H]1CC[C@H]2[C@@H]3CC[C@@H]4C[C@@](OC)(C(F)(F)F)CC[C@@H]4[C@H]3CC[C@]12C)C(F)(F)F. The fourth-order valence-corrected chi connectivity index (χ4v) is 9.18. The lowest BCUT2D eigenvalue weighted by atomic mass is 9.48. The molecule has 0 aliphatic heterocycles.